The first-order valence-electron chi connectivity index (χ1n) is 10.8. The molecule has 11 heteroatoms. The van der Waals surface area contributed by atoms with Gasteiger partial charge in [0.2, 0.25) is 15.9 Å². The second-order valence-electron chi connectivity index (χ2n) is 7.71. The number of piperidine rings is 1. The number of morpholine rings is 1. The number of nitrogens with one attached hydrogen (secondary N) is 1. The number of methoxy groups -OCH3 is 1. The molecule has 3 rings (SSSR count). The van der Waals surface area contributed by atoms with Crippen molar-refractivity contribution < 1.29 is 32.2 Å². The Hall–Kier alpha value is -2.37. The van der Waals surface area contributed by atoms with Crippen LogP contribution >= 0.6 is 0 Å². The molecule has 0 radical (unpaired) electrons. The fourth-order valence-corrected chi connectivity index (χ4v) is 5.46. The van der Waals surface area contributed by atoms with Gasteiger partial charge in [0.1, 0.15) is 10.6 Å². The SMILES string of the molecule is CCOC(=O)N1CCC(NC(=O)Cc2ccc(OC)c(S(=O)(=O)N3CCOCC3)c2)CC1. The first-order valence-corrected chi connectivity index (χ1v) is 12.2. The summed E-state index contributed by atoms with van der Waals surface area (Å²) >= 11 is 0. The first-order chi connectivity index (χ1) is 15.3. The van der Waals surface area contributed by atoms with Gasteiger partial charge in [-0.1, -0.05) is 6.07 Å². The lowest BCUT2D eigenvalue weighted by molar-refractivity contribution is -0.121. The number of nitrogens with zero attached hydrogens (tertiary/aromatic N) is 2. The van der Waals surface area contributed by atoms with Gasteiger partial charge in [0.05, 0.1) is 33.4 Å². The molecule has 2 aliphatic rings. The quantitative estimate of drug-likeness (QED) is 0.633. The summed E-state index contributed by atoms with van der Waals surface area (Å²) in [5.74, 6) is 0.0476. The lowest BCUT2D eigenvalue weighted by atomic mass is 10.0. The molecule has 1 aromatic carbocycles. The zero-order valence-corrected chi connectivity index (χ0v) is 19.4. The summed E-state index contributed by atoms with van der Waals surface area (Å²) < 4.78 is 43.1. The molecule has 0 spiro atoms. The van der Waals surface area contributed by atoms with E-state index in [4.69, 9.17) is 14.2 Å². The molecule has 2 aliphatic heterocycles. The third-order valence-corrected chi connectivity index (χ3v) is 7.49. The van der Waals surface area contributed by atoms with E-state index in [1.165, 1.54) is 17.5 Å². The van der Waals surface area contributed by atoms with Gasteiger partial charge >= 0.3 is 6.09 Å². The fraction of sp³-hybridized carbons (Fsp3) is 0.619. The molecule has 0 unspecified atom stereocenters. The average Bonchev–Trinajstić information content (AvgIpc) is 2.80. The summed E-state index contributed by atoms with van der Waals surface area (Å²) in [5, 5.41) is 2.98. The summed E-state index contributed by atoms with van der Waals surface area (Å²) in [4.78, 5) is 26.1. The van der Waals surface area contributed by atoms with E-state index in [-0.39, 0.29) is 48.2 Å². The van der Waals surface area contributed by atoms with Gasteiger partial charge in [-0.2, -0.15) is 4.31 Å². The van der Waals surface area contributed by atoms with Crippen LogP contribution in [0, 0.1) is 0 Å². The van der Waals surface area contributed by atoms with Crippen LogP contribution in [0.1, 0.15) is 25.3 Å². The monoisotopic (exact) mass is 469 g/mol. The molecule has 0 bridgehead atoms. The number of sulfonamides is 1. The Labute approximate surface area is 188 Å². The number of likely N-dealkylation sites (tertiary alicyclic amines) is 1. The minimum Gasteiger partial charge on any atom is -0.495 e. The number of carbonyl (C=O) groups is 2. The molecule has 178 valence electrons. The van der Waals surface area contributed by atoms with Gasteiger partial charge in [0, 0.05) is 32.2 Å². The molecule has 32 heavy (non-hydrogen) atoms. The highest BCUT2D eigenvalue weighted by atomic mass is 32.2. The third kappa shape index (κ3) is 5.90. The molecule has 0 atom stereocenters. The maximum atomic E-state index is 13.1. The van der Waals surface area contributed by atoms with Gasteiger partial charge in [0.15, 0.2) is 0 Å². The average molecular weight is 470 g/mol. The number of amides is 2. The molecule has 0 saturated carbocycles. The van der Waals surface area contributed by atoms with Gasteiger partial charge in [-0.05, 0) is 37.5 Å². The molecule has 2 amide bonds. The lowest BCUT2D eigenvalue weighted by Gasteiger charge is -2.31. The minimum atomic E-state index is -3.76. The predicted octanol–water partition coefficient (Wildman–Crippen LogP) is 0.996. The van der Waals surface area contributed by atoms with Gasteiger partial charge in [-0.15, -0.1) is 0 Å². The highest BCUT2D eigenvalue weighted by Crippen LogP contribution is 2.28. The summed E-state index contributed by atoms with van der Waals surface area (Å²) in [7, 11) is -2.34. The van der Waals surface area contributed by atoms with E-state index in [1.54, 1.807) is 24.0 Å². The van der Waals surface area contributed by atoms with Gasteiger partial charge in [0.25, 0.3) is 0 Å². The van der Waals surface area contributed by atoms with Gasteiger partial charge in [-0.3, -0.25) is 4.79 Å². The minimum absolute atomic E-state index is 0.0389. The zero-order chi connectivity index (χ0) is 23.1. The zero-order valence-electron chi connectivity index (χ0n) is 18.5. The van der Waals surface area contributed by atoms with Crippen molar-refractivity contribution in [3.05, 3.63) is 23.8 Å². The van der Waals surface area contributed by atoms with Crippen LogP contribution in [0.15, 0.2) is 23.1 Å². The highest BCUT2D eigenvalue weighted by molar-refractivity contribution is 7.89. The van der Waals surface area contributed by atoms with E-state index < -0.39 is 10.0 Å². The van der Waals surface area contributed by atoms with E-state index in [0.29, 0.717) is 51.3 Å². The van der Waals surface area contributed by atoms with Crippen LogP contribution < -0.4 is 10.1 Å². The van der Waals surface area contributed by atoms with Crippen molar-refractivity contribution in [2.75, 3.05) is 53.1 Å². The maximum Gasteiger partial charge on any atom is 0.409 e. The van der Waals surface area contributed by atoms with Crippen LogP contribution in [0.5, 0.6) is 5.75 Å². The number of benzene rings is 1. The van der Waals surface area contributed by atoms with Gasteiger partial charge < -0.3 is 24.4 Å². The Balaban J connectivity index is 1.62. The van der Waals surface area contributed by atoms with Gasteiger partial charge in [-0.25, -0.2) is 13.2 Å². The number of hydrogen-bond acceptors (Lipinski definition) is 7. The standard InChI is InChI=1S/C21H31N3O7S/c1-3-31-21(26)23-8-6-17(7-9-23)22-20(25)15-16-4-5-18(29-2)19(14-16)32(27,28)24-10-12-30-13-11-24/h4-5,14,17H,3,6-13,15H2,1-2H3,(H,22,25). The van der Waals surface area contributed by atoms with Crippen molar-refractivity contribution in [2.24, 2.45) is 0 Å². The van der Waals surface area contributed by atoms with E-state index in [1.807, 2.05) is 0 Å². The molecule has 0 aromatic heterocycles. The second-order valence-corrected chi connectivity index (χ2v) is 9.61. The fourth-order valence-electron chi connectivity index (χ4n) is 3.84. The second kappa shape index (κ2) is 11.0. The van der Waals surface area contributed by atoms with Crippen LogP contribution in [-0.4, -0.2) is 88.8 Å². The Kier molecular flexibility index (Phi) is 8.32. The molecule has 0 aliphatic carbocycles. The predicted molar refractivity (Wildman–Crippen MR) is 116 cm³/mol. The normalized spacial score (nSPS) is 18.2. The van der Waals surface area contributed by atoms with Crippen LogP contribution in [0.25, 0.3) is 0 Å². The maximum absolute atomic E-state index is 13.1. The van der Waals surface area contributed by atoms with Crippen LogP contribution in [0.2, 0.25) is 0 Å². The van der Waals surface area contributed by atoms with E-state index >= 15 is 0 Å². The molecule has 2 saturated heterocycles. The molecular formula is C21H31N3O7S. The van der Waals surface area contributed by atoms with E-state index in [2.05, 4.69) is 5.32 Å². The lowest BCUT2D eigenvalue weighted by Crippen LogP contribution is -2.47. The molecule has 2 fully saturated rings. The smallest absolute Gasteiger partial charge is 0.409 e. The largest absolute Gasteiger partial charge is 0.495 e. The van der Waals surface area contributed by atoms with Crippen LogP contribution in [0.4, 0.5) is 4.79 Å². The van der Waals surface area contributed by atoms with Crippen molar-refractivity contribution in [2.45, 2.75) is 37.1 Å². The number of rotatable bonds is 7. The number of hydrogen-bond donors (Lipinski definition) is 1. The molecule has 1 aromatic rings. The Bertz CT molecular complexity index is 908. The summed E-state index contributed by atoms with van der Waals surface area (Å²) in [6.45, 7) is 4.39. The highest BCUT2D eigenvalue weighted by Gasteiger charge is 2.30. The van der Waals surface area contributed by atoms with Crippen molar-refractivity contribution >= 4 is 22.0 Å². The first kappa shape index (κ1) is 24.3. The van der Waals surface area contributed by atoms with Crippen molar-refractivity contribution in [3.8, 4) is 5.75 Å². The van der Waals surface area contributed by atoms with E-state index in [9.17, 15) is 18.0 Å². The topological polar surface area (TPSA) is 114 Å². The van der Waals surface area contributed by atoms with Crippen molar-refractivity contribution in [3.63, 3.8) is 0 Å². The van der Waals surface area contributed by atoms with Crippen molar-refractivity contribution in [1.29, 1.82) is 0 Å². The summed E-state index contributed by atoms with van der Waals surface area (Å²) in [6.07, 6.45) is 1.01. The van der Waals surface area contributed by atoms with E-state index in [0.717, 1.165) is 0 Å². The summed E-state index contributed by atoms with van der Waals surface area (Å²) in [6, 6.07) is 4.74. The molecule has 2 heterocycles. The number of ether oxygens (including phenoxy) is 3. The van der Waals surface area contributed by atoms with Crippen LogP contribution in [-0.2, 0) is 30.7 Å². The number of carbonyl (C=O) groups excluding carboxylic acids is 2. The van der Waals surface area contributed by atoms with Crippen LogP contribution in [0.3, 0.4) is 0 Å². The Morgan fingerprint density at radius 1 is 1.16 bits per heavy atom. The molecular weight excluding hydrogens is 438 g/mol. The Morgan fingerprint density at radius 3 is 2.47 bits per heavy atom. The third-order valence-electron chi connectivity index (χ3n) is 5.57. The Morgan fingerprint density at radius 2 is 1.84 bits per heavy atom. The molecule has 1 N–H and O–H groups in total. The summed E-state index contributed by atoms with van der Waals surface area (Å²) in [5.41, 5.74) is 0.582. The molecule has 10 nitrogen and oxygen atoms in total. The van der Waals surface area contributed by atoms with Crippen molar-refractivity contribution in [1.82, 2.24) is 14.5 Å².